The molecule has 25 heavy (non-hydrogen) atoms. The Morgan fingerprint density at radius 2 is 1.68 bits per heavy atom. The van der Waals surface area contributed by atoms with Crippen LogP contribution in [0.4, 0.5) is 5.69 Å². The number of para-hydroxylation sites is 1. The van der Waals surface area contributed by atoms with Gasteiger partial charge in [0.1, 0.15) is 0 Å². The Labute approximate surface area is 161 Å². The van der Waals surface area contributed by atoms with Crippen molar-refractivity contribution in [2.45, 2.75) is 13.3 Å². The predicted octanol–water partition coefficient (Wildman–Crippen LogP) is 4.68. The van der Waals surface area contributed by atoms with Gasteiger partial charge >= 0.3 is 0 Å². The summed E-state index contributed by atoms with van der Waals surface area (Å²) in [5.74, 6) is -0.557. The molecule has 0 atom stereocenters. The van der Waals surface area contributed by atoms with Crippen LogP contribution in [-0.4, -0.2) is 29.8 Å². The van der Waals surface area contributed by atoms with Crippen LogP contribution in [0.1, 0.15) is 12.5 Å². The smallest absolute Gasteiger partial charge is 0.244 e. The molecule has 4 nitrogen and oxygen atoms in total. The number of carbonyl (C=O) groups excluding carboxylic acids is 2. The van der Waals surface area contributed by atoms with Crippen molar-refractivity contribution in [3.8, 4) is 0 Å². The second-order valence-corrected chi connectivity index (χ2v) is 6.72. The van der Waals surface area contributed by atoms with Crippen LogP contribution < -0.4 is 5.32 Å². The van der Waals surface area contributed by atoms with Crippen LogP contribution in [0.5, 0.6) is 0 Å². The molecular formula is C18H17Cl3N2O2. The van der Waals surface area contributed by atoms with Crippen LogP contribution in [0.3, 0.4) is 0 Å². The van der Waals surface area contributed by atoms with Crippen molar-refractivity contribution >= 4 is 52.3 Å². The normalized spacial score (nSPS) is 10.4. The third kappa shape index (κ3) is 5.92. The summed E-state index contributed by atoms with van der Waals surface area (Å²) >= 11 is 18.0. The number of nitrogens with zero attached hydrogens (tertiary/aromatic N) is 1. The van der Waals surface area contributed by atoms with Crippen molar-refractivity contribution in [1.29, 1.82) is 0 Å². The molecule has 2 aromatic carbocycles. The molecule has 2 rings (SSSR count). The Morgan fingerprint density at radius 1 is 1.04 bits per heavy atom. The van der Waals surface area contributed by atoms with E-state index in [-0.39, 0.29) is 18.4 Å². The van der Waals surface area contributed by atoms with E-state index < -0.39 is 0 Å². The lowest BCUT2D eigenvalue weighted by atomic mass is 10.1. The fraction of sp³-hybridized carbons (Fsp3) is 0.222. The van der Waals surface area contributed by atoms with Crippen molar-refractivity contribution in [2.24, 2.45) is 0 Å². The Bertz CT molecular complexity index is 760. The monoisotopic (exact) mass is 398 g/mol. The SMILES string of the molecule is CC(=O)N(CCc1cccc(Cl)c1)CC(=O)Nc1c(Cl)cccc1Cl. The van der Waals surface area contributed by atoms with E-state index in [0.29, 0.717) is 33.7 Å². The van der Waals surface area contributed by atoms with E-state index in [0.717, 1.165) is 5.56 Å². The summed E-state index contributed by atoms with van der Waals surface area (Å²) in [6.45, 7) is 1.74. The number of hydrogen-bond acceptors (Lipinski definition) is 2. The maximum atomic E-state index is 12.3. The second-order valence-electron chi connectivity index (χ2n) is 5.47. The summed E-state index contributed by atoms with van der Waals surface area (Å²) < 4.78 is 0. The zero-order valence-electron chi connectivity index (χ0n) is 13.6. The van der Waals surface area contributed by atoms with E-state index in [1.807, 2.05) is 18.2 Å². The lowest BCUT2D eigenvalue weighted by Gasteiger charge is -2.21. The minimum absolute atomic E-state index is 0.0859. The third-order valence-corrected chi connectivity index (χ3v) is 4.43. The molecular weight excluding hydrogens is 383 g/mol. The van der Waals surface area contributed by atoms with E-state index in [2.05, 4.69) is 5.32 Å². The lowest BCUT2D eigenvalue weighted by molar-refractivity contribution is -0.132. The van der Waals surface area contributed by atoms with Crippen molar-refractivity contribution in [2.75, 3.05) is 18.4 Å². The maximum Gasteiger partial charge on any atom is 0.244 e. The van der Waals surface area contributed by atoms with Crippen molar-refractivity contribution in [3.05, 3.63) is 63.1 Å². The largest absolute Gasteiger partial charge is 0.333 e. The van der Waals surface area contributed by atoms with Gasteiger partial charge in [0, 0.05) is 18.5 Å². The minimum Gasteiger partial charge on any atom is -0.333 e. The van der Waals surface area contributed by atoms with Gasteiger partial charge in [-0.2, -0.15) is 0 Å². The molecule has 0 saturated heterocycles. The van der Waals surface area contributed by atoms with Crippen LogP contribution in [-0.2, 0) is 16.0 Å². The lowest BCUT2D eigenvalue weighted by Crippen LogP contribution is -2.38. The van der Waals surface area contributed by atoms with Crippen LogP contribution in [0.15, 0.2) is 42.5 Å². The van der Waals surface area contributed by atoms with Crippen molar-refractivity contribution < 1.29 is 9.59 Å². The third-order valence-electron chi connectivity index (χ3n) is 3.57. The predicted molar refractivity (Wildman–Crippen MR) is 103 cm³/mol. The number of nitrogens with one attached hydrogen (secondary N) is 1. The number of anilines is 1. The van der Waals surface area contributed by atoms with E-state index in [9.17, 15) is 9.59 Å². The van der Waals surface area contributed by atoms with Gasteiger partial charge in [0.2, 0.25) is 11.8 Å². The standard InChI is InChI=1S/C18H17Cl3N2O2/c1-12(24)23(9-8-13-4-2-5-14(19)10-13)11-17(25)22-18-15(20)6-3-7-16(18)21/h2-7,10H,8-9,11H2,1H3,(H,22,25). The maximum absolute atomic E-state index is 12.3. The molecule has 1 N–H and O–H groups in total. The summed E-state index contributed by atoms with van der Waals surface area (Å²) in [5.41, 5.74) is 1.34. The van der Waals surface area contributed by atoms with Gasteiger partial charge in [0.15, 0.2) is 0 Å². The van der Waals surface area contributed by atoms with Gasteiger partial charge in [-0.15, -0.1) is 0 Å². The van der Waals surface area contributed by atoms with Crippen LogP contribution in [0.25, 0.3) is 0 Å². The molecule has 0 spiro atoms. The van der Waals surface area contributed by atoms with Gasteiger partial charge in [-0.1, -0.05) is 53.0 Å². The van der Waals surface area contributed by atoms with E-state index in [4.69, 9.17) is 34.8 Å². The first-order valence-corrected chi connectivity index (χ1v) is 8.74. The molecule has 0 saturated carbocycles. The highest BCUT2D eigenvalue weighted by Gasteiger charge is 2.16. The van der Waals surface area contributed by atoms with Crippen LogP contribution >= 0.6 is 34.8 Å². The van der Waals surface area contributed by atoms with Gasteiger partial charge < -0.3 is 10.2 Å². The van der Waals surface area contributed by atoms with Gasteiger partial charge in [-0.25, -0.2) is 0 Å². The van der Waals surface area contributed by atoms with Crippen molar-refractivity contribution in [1.82, 2.24) is 4.90 Å². The average Bonchev–Trinajstić information content (AvgIpc) is 2.55. The molecule has 0 bridgehead atoms. The Hall–Kier alpha value is -1.75. The molecule has 0 radical (unpaired) electrons. The number of rotatable bonds is 6. The summed E-state index contributed by atoms with van der Waals surface area (Å²) in [6, 6.07) is 12.3. The van der Waals surface area contributed by atoms with Crippen LogP contribution in [0.2, 0.25) is 15.1 Å². The molecule has 0 aliphatic rings. The zero-order valence-corrected chi connectivity index (χ0v) is 15.8. The Kier molecular flexibility index (Phi) is 7.12. The first kappa shape index (κ1) is 19.6. The summed E-state index contributed by atoms with van der Waals surface area (Å²) in [7, 11) is 0. The van der Waals surface area contributed by atoms with Gasteiger partial charge in [-0.05, 0) is 36.2 Å². The zero-order chi connectivity index (χ0) is 18.4. The summed E-state index contributed by atoms with van der Waals surface area (Å²) in [6.07, 6.45) is 0.597. The van der Waals surface area contributed by atoms with Gasteiger partial charge in [0.05, 0.1) is 22.3 Å². The number of carbonyl (C=O) groups is 2. The molecule has 0 fully saturated rings. The number of halogens is 3. The first-order chi connectivity index (χ1) is 11.9. The minimum atomic E-state index is -0.365. The molecule has 0 heterocycles. The van der Waals surface area contributed by atoms with Gasteiger partial charge in [0.25, 0.3) is 0 Å². The van der Waals surface area contributed by atoms with Gasteiger partial charge in [-0.3, -0.25) is 9.59 Å². The van der Waals surface area contributed by atoms with Crippen LogP contribution in [0, 0.1) is 0 Å². The first-order valence-electron chi connectivity index (χ1n) is 7.60. The molecule has 2 amide bonds. The van der Waals surface area contributed by atoms with Crippen molar-refractivity contribution in [3.63, 3.8) is 0 Å². The molecule has 0 aliphatic carbocycles. The number of hydrogen-bond donors (Lipinski definition) is 1. The Balaban J connectivity index is 1.98. The topological polar surface area (TPSA) is 49.4 Å². The highest BCUT2D eigenvalue weighted by atomic mass is 35.5. The average molecular weight is 400 g/mol. The fourth-order valence-electron chi connectivity index (χ4n) is 2.27. The highest BCUT2D eigenvalue weighted by Crippen LogP contribution is 2.29. The second kappa shape index (κ2) is 9.09. The quantitative estimate of drug-likeness (QED) is 0.767. The molecule has 0 aliphatic heterocycles. The summed E-state index contributed by atoms with van der Waals surface area (Å²) in [4.78, 5) is 25.5. The molecule has 0 unspecified atom stereocenters. The van der Waals surface area contributed by atoms with E-state index in [1.54, 1.807) is 24.3 Å². The van der Waals surface area contributed by atoms with E-state index in [1.165, 1.54) is 11.8 Å². The molecule has 7 heteroatoms. The highest BCUT2D eigenvalue weighted by molar-refractivity contribution is 6.39. The Morgan fingerprint density at radius 3 is 2.28 bits per heavy atom. The fourth-order valence-corrected chi connectivity index (χ4v) is 2.98. The molecule has 2 aromatic rings. The van der Waals surface area contributed by atoms with E-state index >= 15 is 0 Å². The number of amides is 2. The number of benzene rings is 2. The molecule has 132 valence electrons. The summed E-state index contributed by atoms with van der Waals surface area (Å²) in [5, 5.41) is 3.97. The molecule has 0 aromatic heterocycles.